The van der Waals surface area contributed by atoms with Crippen molar-refractivity contribution in [2.24, 2.45) is 11.1 Å². The van der Waals surface area contributed by atoms with E-state index in [0.29, 0.717) is 19.4 Å². The van der Waals surface area contributed by atoms with Crippen LogP contribution in [0, 0.1) is 15.5 Å². The van der Waals surface area contributed by atoms with Gasteiger partial charge in [-0.1, -0.05) is 6.92 Å². The van der Waals surface area contributed by atoms with E-state index in [1.54, 1.807) is 0 Å². The Bertz CT molecular complexity index is 381. The molecule has 0 aliphatic carbocycles. The molecule has 0 radical (unpaired) electrons. The van der Waals surface area contributed by atoms with E-state index in [4.69, 9.17) is 5.73 Å². The van der Waals surface area contributed by atoms with Crippen molar-refractivity contribution < 1.29 is 14.7 Å². The van der Waals surface area contributed by atoms with Crippen LogP contribution in [0.1, 0.15) is 52.9 Å². The third-order valence-corrected chi connectivity index (χ3v) is 4.06. The minimum absolute atomic E-state index is 0.0106. The molecule has 1 unspecified atom stereocenters. The molecule has 0 spiro atoms. The fraction of sp³-hybridized carbons (Fsp3) is 0.929. The average molecular weight is 301 g/mol. The van der Waals surface area contributed by atoms with Crippen LogP contribution in [0.3, 0.4) is 0 Å². The Hall–Kier alpha value is -1.37. The highest BCUT2D eigenvalue weighted by atomic mass is 16.9. The minimum atomic E-state index is -0.751. The van der Waals surface area contributed by atoms with Crippen LogP contribution in [0.4, 0.5) is 0 Å². The molecule has 1 saturated heterocycles. The number of hydrogen-bond donors (Lipinski definition) is 1. The molecule has 0 aromatic heterocycles. The van der Waals surface area contributed by atoms with E-state index in [1.165, 1.54) is 0 Å². The molecule has 1 fully saturated rings. The van der Waals surface area contributed by atoms with Crippen LogP contribution in [0.5, 0.6) is 0 Å². The third-order valence-electron chi connectivity index (χ3n) is 4.06. The van der Waals surface area contributed by atoms with Gasteiger partial charge in [0.2, 0.25) is 5.91 Å². The molecule has 7 nitrogen and oxygen atoms in total. The first-order valence-corrected chi connectivity index (χ1v) is 7.45. The second kappa shape index (κ2) is 7.06. The Morgan fingerprint density at radius 2 is 2.10 bits per heavy atom. The fourth-order valence-electron chi connectivity index (χ4n) is 2.71. The predicted octanol–water partition coefficient (Wildman–Crippen LogP) is 1.73. The van der Waals surface area contributed by atoms with Crippen LogP contribution in [0.2, 0.25) is 0 Å². The van der Waals surface area contributed by atoms with E-state index < -0.39 is 10.6 Å². The van der Waals surface area contributed by atoms with E-state index in [0.717, 1.165) is 25.8 Å². The van der Waals surface area contributed by atoms with Gasteiger partial charge in [0.25, 0.3) is 5.09 Å². The molecule has 1 aliphatic heterocycles. The zero-order valence-electron chi connectivity index (χ0n) is 13.3. The largest absolute Gasteiger partial charge is 0.343 e. The first-order chi connectivity index (χ1) is 9.61. The lowest BCUT2D eigenvalue weighted by atomic mass is 9.80. The van der Waals surface area contributed by atoms with Crippen LogP contribution in [-0.4, -0.2) is 41.1 Å². The average Bonchev–Trinajstić information content (AvgIpc) is 2.49. The van der Waals surface area contributed by atoms with Gasteiger partial charge in [0.05, 0.1) is 6.61 Å². The quantitative estimate of drug-likeness (QED) is 0.595. The topological polar surface area (TPSA) is 98.7 Å². The Morgan fingerprint density at radius 3 is 2.67 bits per heavy atom. The Morgan fingerprint density at radius 1 is 1.43 bits per heavy atom. The summed E-state index contributed by atoms with van der Waals surface area (Å²) in [5, 5.41) is 9.46. The van der Waals surface area contributed by atoms with Crippen molar-refractivity contribution in [2.75, 3.05) is 19.7 Å². The van der Waals surface area contributed by atoms with E-state index in [-0.39, 0.29) is 17.9 Å². The molecule has 1 aliphatic rings. The number of nitrogens with two attached hydrogens (primary N) is 1. The van der Waals surface area contributed by atoms with Crippen molar-refractivity contribution in [3.05, 3.63) is 10.1 Å². The normalized spacial score (nSPS) is 23.5. The van der Waals surface area contributed by atoms with Crippen molar-refractivity contribution in [1.29, 1.82) is 0 Å². The Kier molecular flexibility index (Phi) is 5.95. The van der Waals surface area contributed by atoms with E-state index in [1.807, 2.05) is 18.7 Å². The molecule has 0 bridgehead atoms. The number of hydrogen-bond acceptors (Lipinski definition) is 5. The highest BCUT2D eigenvalue weighted by molar-refractivity contribution is 5.77. The first kappa shape index (κ1) is 17.7. The third kappa shape index (κ3) is 6.75. The molecule has 1 amide bonds. The van der Waals surface area contributed by atoms with Crippen molar-refractivity contribution in [3.8, 4) is 0 Å². The minimum Gasteiger partial charge on any atom is -0.343 e. The summed E-state index contributed by atoms with van der Waals surface area (Å²) < 4.78 is 0. The molecule has 0 aromatic rings. The maximum atomic E-state index is 12.2. The molecule has 0 aromatic carbocycles. The monoisotopic (exact) mass is 301 g/mol. The summed E-state index contributed by atoms with van der Waals surface area (Å²) in [6.45, 7) is 7.35. The van der Waals surface area contributed by atoms with E-state index in [9.17, 15) is 14.9 Å². The lowest BCUT2D eigenvalue weighted by molar-refractivity contribution is -0.758. The van der Waals surface area contributed by atoms with Crippen LogP contribution >= 0.6 is 0 Å². The molecule has 0 saturated carbocycles. The summed E-state index contributed by atoms with van der Waals surface area (Å²) in [7, 11) is 0. The highest BCUT2D eigenvalue weighted by Gasteiger charge is 2.30. The Balaban J connectivity index is 2.49. The number of amides is 1. The molecular weight excluding hydrogens is 274 g/mol. The number of carbonyl (C=O) groups is 1. The summed E-state index contributed by atoms with van der Waals surface area (Å²) in [6, 6.07) is 0. The van der Waals surface area contributed by atoms with Gasteiger partial charge in [-0.15, -0.1) is 10.1 Å². The van der Waals surface area contributed by atoms with Gasteiger partial charge in [0, 0.05) is 25.0 Å². The van der Waals surface area contributed by atoms with Gasteiger partial charge >= 0.3 is 0 Å². The highest BCUT2D eigenvalue weighted by Crippen LogP contribution is 2.34. The second-order valence-corrected chi connectivity index (χ2v) is 7.02. The molecule has 21 heavy (non-hydrogen) atoms. The summed E-state index contributed by atoms with van der Waals surface area (Å²) in [4.78, 5) is 28.7. The van der Waals surface area contributed by atoms with Crippen molar-refractivity contribution in [1.82, 2.24) is 4.90 Å². The molecule has 122 valence electrons. The SMILES string of the molecule is CC(C)(N)CC(=O)N1CCCC(C)(CCO[N+](=O)[O-])CC1. The van der Waals surface area contributed by atoms with Crippen molar-refractivity contribution in [3.63, 3.8) is 0 Å². The van der Waals surface area contributed by atoms with Gasteiger partial charge in [-0.25, -0.2) is 0 Å². The zero-order chi connectivity index (χ0) is 16.1. The van der Waals surface area contributed by atoms with Crippen molar-refractivity contribution in [2.45, 2.75) is 58.4 Å². The second-order valence-electron chi connectivity index (χ2n) is 7.02. The smallest absolute Gasteiger partial charge is 0.294 e. The van der Waals surface area contributed by atoms with Gasteiger partial charge in [-0.2, -0.15) is 0 Å². The molecule has 2 N–H and O–H groups in total. The maximum Gasteiger partial charge on any atom is 0.294 e. The summed E-state index contributed by atoms with van der Waals surface area (Å²) in [5.41, 5.74) is 5.40. The number of rotatable bonds is 6. The van der Waals surface area contributed by atoms with E-state index >= 15 is 0 Å². The van der Waals surface area contributed by atoms with Crippen LogP contribution in [0.25, 0.3) is 0 Å². The Labute approximate surface area is 125 Å². The van der Waals surface area contributed by atoms with Crippen molar-refractivity contribution >= 4 is 5.91 Å². The van der Waals surface area contributed by atoms with Gasteiger partial charge in [0.15, 0.2) is 0 Å². The number of likely N-dealkylation sites (tertiary alicyclic amines) is 1. The molecule has 1 heterocycles. The van der Waals surface area contributed by atoms with Gasteiger partial charge < -0.3 is 15.5 Å². The van der Waals surface area contributed by atoms with Crippen LogP contribution in [-0.2, 0) is 9.63 Å². The van der Waals surface area contributed by atoms with Gasteiger partial charge in [0.1, 0.15) is 0 Å². The standard InChI is InChI=1S/C14H27N3O4/c1-13(2,15)11-12(18)16-8-4-5-14(3,6-9-16)7-10-21-17(19)20/h4-11,15H2,1-3H3. The van der Waals surface area contributed by atoms with Crippen LogP contribution < -0.4 is 5.73 Å². The molecular formula is C14H27N3O4. The first-order valence-electron chi connectivity index (χ1n) is 7.45. The van der Waals surface area contributed by atoms with Gasteiger partial charge in [-0.05, 0) is 44.9 Å². The molecule has 1 rings (SSSR count). The summed E-state index contributed by atoms with van der Waals surface area (Å²) >= 11 is 0. The lowest BCUT2D eigenvalue weighted by Crippen LogP contribution is -2.41. The number of nitrogens with zero attached hydrogens (tertiary/aromatic N) is 2. The number of carbonyl (C=O) groups excluding carboxylic acids is 1. The summed E-state index contributed by atoms with van der Waals surface area (Å²) in [5.74, 6) is 0.0910. The van der Waals surface area contributed by atoms with Gasteiger partial charge in [-0.3, -0.25) is 4.79 Å². The molecule has 1 atom stereocenters. The maximum absolute atomic E-state index is 12.2. The lowest BCUT2D eigenvalue weighted by Gasteiger charge is -2.28. The van der Waals surface area contributed by atoms with Crippen LogP contribution in [0.15, 0.2) is 0 Å². The van der Waals surface area contributed by atoms with E-state index in [2.05, 4.69) is 11.8 Å². The summed E-state index contributed by atoms with van der Waals surface area (Å²) in [6.07, 6.45) is 3.67. The zero-order valence-corrected chi connectivity index (χ0v) is 13.3. The fourth-order valence-corrected chi connectivity index (χ4v) is 2.71. The molecule has 7 heteroatoms. The predicted molar refractivity (Wildman–Crippen MR) is 79.0 cm³/mol.